The third-order valence-corrected chi connectivity index (χ3v) is 5.53. The molecule has 32 heavy (non-hydrogen) atoms. The summed E-state index contributed by atoms with van der Waals surface area (Å²) in [4.78, 5) is 42.5. The molecule has 2 N–H and O–H groups in total. The van der Waals surface area contributed by atoms with E-state index in [2.05, 4.69) is 25.3 Å². The number of morpholine rings is 1. The summed E-state index contributed by atoms with van der Waals surface area (Å²) in [5.41, 5.74) is -0.890. The minimum absolute atomic E-state index is 0.0572. The second-order valence-corrected chi connectivity index (χ2v) is 7.44. The van der Waals surface area contributed by atoms with Gasteiger partial charge in [0, 0.05) is 24.4 Å². The molecule has 2 fully saturated rings. The van der Waals surface area contributed by atoms with Gasteiger partial charge in [-0.3, -0.25) is 20.2 Å². The second-order valence-electron chi connectivity index (χ2n) is 7.44. The molecule has 1 aromatic heterocycles. The number of hydrogen-bond acceptors (Lipinski definition) is 8. The zero-order chi connectivity index (χ0) is 22.6. The zero-order valence-electron chi connectivity index (χ0n) is 16.2. The van der Waals surface area contributed by atoms with E-state index in [9.17, 15) is 23.2 Å². The number of ether oxygens (including phenoxy) is 1. The average molecular weight is 449 g/mol. The lowest BCUT2D eigenvalue weighted by Gasteiger charge is -2.33. The third-order valence-electron chi connectivity index (χ3n) is 5.53. The van der Waals surface area contributed by atoms with Crippen molar-refractivity contribution < 1.29 is 36.8 Å². The summed E-state index contributed by atoms with van der Waals surface area (Å²) in [7, 11) is 0. The Kier molecular flexibility index (Phi) is 4.51. The van der Waals surface area contributed by atoms with E-state index < -0.39 is 47.2 Å². The van der Waals surface area contributed by atoms with E-state index in [0.717, 1.165) is 6.07 Å². The number of urea groups is 1. The van der Waals surface area contributed by atoms with Crippen LogP contribution in [0.5, 0.6) is 0 Å². The highest BCUT2D eigenvalue weighted by atomic mass is 19.3. The van der Waals surface area contributed by atoms with Crippen molar-refractivity contribution in [2.75, 3.05) is 24.7 Å². The molecule has 2 aromatic rings. The van der Waals surface area contributed by atoms with Gasteiger partial charge in [-0.25, -0.2) is 9.18 Å². The van der Waals surface area contributed by atoms with Crippen LogP contribution in [-0.4, -0.2) is 47.7 Å². The molecule has 3 aliphatic heterocycles. The Balaban J connectivity index is 1.68. The van der Waals surface area contributed by atoms with Crippen LogP contribution in [-0.2, 0) is 20.7 Å². The van der Waals surface area contributed by atoms with Crippen LogP contribution >= 0.6 is 0 Å². The molecule has 166 valence electrons. The summed E-state index contributed by atoms with van der Waals surface area (Å²) in [6.45, 7) is 0.682. The van der Waals surface area contributed by atoms with Crippen molar-refractivity contribution in [2.24, 2.45) is 5.41 Å². The summed E-state index contributed by atoms with van der Waals surface area (Å²) in [6, 6.07) is 1.50. The van der Waals surface area contributed by atoms with Crippen molar-refractivity contribution in [2.45, 2.75) is 12.8 Å². The number of rotatable bonds is 2. The zero-order valence-corrected chi connectivity index (χ0v) is 16.2. The first-order valence-corrected chi connectivity index (χ1v) is 9.47. The van der Waals surface area contributed by atoms with Gasteiger partial charge in [0.05, 0.1) is 18.8 Å². The van der Waals surface area contributed by atoms with Gasteiger partial charge in [0.25, 0.3) is 5.89 Å². The first-order valence-electron chi connectivity index (χ1n) is 9.47. The van der Waals surface area contributed by atoms with Crippen molar-refractivity contribution in [1.82, 2.24) is 20.8 Å². The molecule has 4 heterocycles. The maximum absolute atomic E-state index is 15.0. The highest BCUT2D eigenvalue weighted by Gasteiger charge is 2.51. The van der Waals surface area contributed by atoms with Gasteiger partial charge in [0.15, 0.2) is 5.41 Å². The molecule has 2 saturated heterocycles. The highest BCUT2D eigenvalue weighted by molar-refractivity contribution is 6.20. The molecule has 0 aliphatic carbocycles. The predicted octanol–water partition coefficient (Wildman–Crippen LogP) is 1.44. The molecule has 0 unspecified atom stereocenters. The summed E-state index contributed by atoms with van der Waals surface area (Å²) in [5.74, 6) is -3.86. The van der Waals surface area contributed by atoms with E-state index in [1.54, 1.807) is 4.90 Å². The SMILES string of the molecule is O=C1NC(=O)C2(C=C3COCCN3c3cc(F)c(-c4noc(C(F)F)n4)cc3C2)C(=O)N1. The van der Waals surface area contributed by atoms with Crippen LogP contribution in [0, 0.1) is 11.2 Å². The van der Waals surface area contributed by atoms with Crippen molar-refractivity contribution >= 4 is 23.5 Å². The van der Waals surface area contributed by atoms with Crippen LogP contribution < -0.4 is 15.5 Å². The molecule has 5 rings (SSSR count). The number of benzene rings is 1. The van der Waals surface area contributed by atoms with Crippen molar-refractivity contribution in [1.29, 1.82) is 0 Å². The summed E-state index contributed by atoms with van der Waals surface area (Å²) in [5, 5.41) is 7.58. The molecule has 0 radical (unpaired) electrons. The summed E-state index contributed by atoms with van der Waals surface area (Å²) in [6.07, 6.45) is -1.86. The number of hydrogen-bond donors (Lipinski definition) is 2. The largest absolute Gasteiger partial charge is 0.373 e. The minimum atomic E-state index is -3.03. The number of imide groups is 2. The molecular weight excluding hydrogens is 435 g/mol. The van der Waals surface area contributed by atoms with Crippen LogP contribution in [0.2, 0.25) is 0 Å². The van der Waals surface area contributed by atoms with Crippen molar-refractivity contribution in [3.63, 3.8) is 0 Å². The summed E-state index contributed by atoms with van der Waals surface area (Å²) >= 11 is 0. The van der Waals surface area contributed by atoms with Gasteiger partial charge < -0.3 is 14.2 Å². The lowest BCUT2D eigenvalue weighted by Crippen LogP contribution is -2.62. The lowest BCUT2D eigenvalue weighted by atomic mass is 9.78. The van der Waals surface area contributed by atoms with Gasteiger partial charge in [0.2, 0.25) is 17.6 Å². The predicted molar refractivity (Wildman–Crippen MR) is 98.7 cm³/mol. The number of amides is 4. The molecule has 1 aromatic carbocycles. The second kappa shape index (κ2) is 7.15. The standard InChI is InChI=1S/C19H14F3N5O5/c20-11-4-12-8(3-10(11)14-23-15(13(21)22)32-26-14)5-19(6-9-7-31-2-1-27(9)12)16(28)24-18(30)25-17(19)29/h3-4,6,13H,1-2,5,7H2,(H2,24,25,28,29,30). The molecule has 13 heteroatoms. The van der Waals surface area contributed by atoms with E-state index >= 15 is 4.39 Å². The maximum Gasteiger partial charge on any atom is 0.328 e. The molecule has 0 bridgehead atoms. The minimum Gasteiger partial charge on any atom is -0.373 e. The number of alkyl halides is 2. The number of halogens is 3. The van der Waals surface area contributed by atoms with Crippen molar-refractivity contribution in [3.8, 4) is 11.4 Å². The molecule has 0 saturated carbocycles. The maximum atomic E-state index is 15.0. The number of aromatic nitrogens is 2. The Hall–Kier alpha value is -3.74. The first kappa shape index (κ1) is 20.2. The Labute approximate surface area is 177 Å². The summed E-state index contributed by atoms with van der Waals surface area (Å²) < 4.78 is 50.6. The van der Waals surface area contributed by atoms with Crippen LogP contribution in [0.1, 0.15) is 17.9 Å². The number of anilines is 1. The van der Waals surface area contributed by atoms with E-state index in [-0.39, 0.29) is 18.6 Å². The lowest BCUT2D eigenvalue weighted by molar-refractivity contribution is -0.140. The molecular formula is C19H14F3N5O5. The number of carbonyl (C=O) groups is 3. The van der Waals surface area contributed by atoms with Gasteiger partial charge >= 0.3 is 12.5 Å². The monoisotopic (exact) mass is 449 g/mol. The van der Waals surface area contributed by atoms with Gasteiger partial charge in [-0.05, 0) is 23.8 Å². The van der Waals surface area contributed by atoms with E-state index in [4.69, 9.17) is 4.74 Å². The van der Waals surface area contributed by atoms with Crippen LogP contribution in [0.25, 0.3) is 11.4 Å². The van der Waals surface area contributed by atoms with Gasteiger partial charge in [-0.1, -0.05) is 5.16 Å². The Morgan fingerprint density at radius 1 is 1.16 bits per heavy atom. The third kappa shape index (κ3) is 3.04. The number of barbiturate groups is 1. The first-order chi connectivity index (χ1) is 15.3. The number of fused-ring (bicyclic) bond motifs is 3. The van der Waals surface area contributed by atoms with E-state index in [1.807, 2.05) is 0 Å². The van der Waals surface area contributed by atoms with Gasteiger partial charge in [0.1, 0.15) is 5.82 Å². The Morgan fingerprint density at radius 2 is 1.91 bits per heavy atom. The van der Waals surface area contributed by atoms with Crippen LogP contribution in [0.15, 0.2) is 28.4 Å². The van der Waals surface area contributed by atoms with Crippen LogP contribution in [0.3, 0.4) is 0 Å². The quantitative estimate of drug-likeness (QED) is 0.660. The fourth-order valence-electron chi connectivity index (χ4n) is 4.05. The molecule has 0 atom stereocenters. The normalized spacial score (nSPS) is 19.8. The smallest absolute Gasteiger partial charge is 0.328 e. The van der Waals surface area contributed by atoms with E-state index in [0.29, 0.717) is 30.1 Å². The van der Waals surface area contributed by atoms with Gasteiger partial charge in [-0.2, -0.15) is 13.8 Å². The topological polar surface area (TPSA) is 127 Å². The van der Waals surface area contributed by atoms with Crippen molar-refractivity contribution in [3.05, 3.63) is 41.2 Å². The van der Waals surface area contributed by atoms with E-state index in [1.165, 1.54) is 12.1 Å². The highest BCUT2D eigenvalue weighted by Crippen LogP contribution is 2.41. The molecule has 3 aliphatic rings. The Morgan fingerprint density at radius 3 is 2.59 bits per heavy atom. The molecule has 1 spiro atoms. The van der Waals surface area contributed by atoms with Crippen LogP contribution in [0.4, 0.5) is 23.7 Å². The molecule has 4 amide bonds. The number of carbonyl (C=O) groups excluding carboxylic acids is 3. The fourth-order valence-corrected chi connectivity index (χ4v) is 4.05. The number of nitrogens with zero attached hydrogens (tertiary/aromatic N) is 3. The molecule has 10 nitrogen and oxygen atoms in total. The van der Waals surface area contributed by atoms with Gasteiger partial charge in [-0.15, -0.1) is 0 Å². The fraction of sp³-hybridized carbons (Fsp3) is 0.316. The number of nitrogens with one attached hydrogen (secondary N) is 2. The Bertz CT molecular complexity index is 1170. The average Bonchev–Trinajstić information content (AvgIpc) is 3.18.